The van der Waals surface area contributed by atoms with Gasteiger partial charge in [0.1, 0.15) is 0 Å². The molecule has 0 saturated carbocycles. The monoisotopic (exact) mass is 500 g/mol. The van der Waals surface area contributed by atoms with Crippen LogP contribution in [0.1, 0.15) is 157 Å². The van der Waals surface area contributed by atoms with Crippen molar-refractivity contribution in [3.8, 4) is 0 Å². The van der Waals surface area contributed by atoms with Crippen LogP contribution in [0.5, 0.6) is 0 Å². The molecule has 0 rings (SSSR count). The second-order valence-corrected chi connectivity index (χ2v) is 10.1. The van der Waals surface area contributed by atoms with Crippen molar-refractivity contribution in [3.05, 3.63) is 0 Å². The maximum absolute atomic E-state index is 11.4. The van der Waals surface area contributed by atoms with Crippen molar-refractivity contribution in [2.75, 3.05) is 0 Å². The van der Waals surface area contributed by atoms with Gasteiger partial charge in [0.25, 0.3) is 5.97 Å². The Morgan fingerprint density at radius 1 is 0.486 bits per heavy atom. The van der Waals surface area contributed by atoms with Crippen molar-refractivity contribution in [3.63, 3.8) is 0 Å². The van der Waals surface area contributed by atoms with Crippen molar-refractivity contribution < 1.29 is 29.0 Å². The topological polar surface area (TPSA) is 89.9 Å². The molecule has 0 unspecified atom stereocenters. The first-order valence-corrected chi connectivity index (χ1v) is 14.2. The van der Waals surface area contributed by atoms with Crippen LogP contribution in [0.4, 0.5) is 0 Å². The molecule has 0 saturated heterocycles. The van der Waals surface area contributed by atoms with Gasteiger partial charge in [-0.05, 0) is 40.5 Å². The molecule has 0 aromatic heterocycles. The molecule has 0 aliphatic carbocycles. The Kier molecular flexibility index (Phi) is 27.4. The van der Waals surface area contributed by atoms with E-state index in [0.717, 1.165) is 32.6 Å². The van der Waals surface area contributed by atoms with Gasteiger partial charge < -0.3 is 14.6 Å². The van der Waals surface area contributed by atoms with Gasteiger partial charge in [-0.1, -0.05) is 96.3 Å². The summed E-state index contributed by atoms with van der Waals surface area (Å²) in [5.41, 5.74) is 0. The number of esters is 2. The molecular formula is C29H56O6. The van der Waals surface area contributed by atoms with E-state index in [0.29, 0.717) is 12.8 Å². The molecule has 0 radical (unpaired) electrons. The van der Waals surface area contributed by atoms with E-state index in [9.17, 15) is 9.59 Å². The molecule has 0 fully saturated rings. The molecule has 35 heavy (non-hydrogen) atoms. The zero-order chi connectivity index (χ0) is 26.7. The third-order valence-electron chi connectivity index (χ3n) is 5.50. The third kappa shape index (κ3) is 37.1. The molecule has 0 aromatic rings. The summed E-state index contributed by atoms with van der Waals surface area (Å²) in [6.45, 7) is 8.69. The van der Waals surface area contributed by atoms with Gasteiger partial charge in [-0.2, -0.15) is 0 Å². The lowest BCUT2D eigenvalue weighted by Gasteiger charge is -2.07. The van der Waals surface area contributed by atoms with Crippen LogP contribution < -0.4 is 0 Å². The highest BCUT2D eigenvalue weighted by Gasteiger charge is 2.05. The van der Waals surface area contributed by atoms with E-state index in [4.69, 9.17) is 19.4 Å². The Labute approximate surface area is 215 Å². The Bertz CT molecular complexity index is 459. The normalized spacial score (nSPS) is 10.7. The van der Waals surface area contributed by atoms with E-state index in [1.165, 1.54) is 83.5 Å². The number of carboxylic acids is 1. The summed E-state index contributed by atoms with van der Waals surface area (Å²) in [5.74, 6) is -0.925. The van der Waals surface area contributed by atoms with Crippen molar-refractivity contribution in [2.45, 2.75) is 169 Å². The zero-order valence-corrected chi connectivity index (χ0v) is 23.6. The molecule has 6 heteroatoms. The molecule has 0 bridgehead atoms. The number of carbonyl (C=O) groups excluding carboxylic acids is 2. The molecule has 6 nitrogen and oxygen atoms in total. The average Bonchev–Trinajstić information content (AvgIpc) is 2.74. The second kappa shape index (κ2) is 27.0. The molecule has 0 spiro atoms. The molecule has 208 valence electrons. The predicted molar refractivity (Wildman–Crippen MR) is 143 cm³/mol. The van der Waals surface area contributed by atoms with Crippen LogP contribution in [0.3, 0.4) is 0 Å². The Hall–Kier alpha value is -1.59. The van der Waals surface area contributed by atoms with Crippen molar-refractivity contribution in [1.29, 1.82) is 0 Å². The van der Waals surface area contributed by atoms with E-state index in [1.807, 2.05) is 27.7 Å². The van der Waals surface area contributed by atoms with Gasteiger partial charge in [0.2, 0.25) is 0 Å². The lowest BCUT2D eigenvalue weighted by molar-refractivity contribution is -0.148. The molecule has 0 aromatic carbocycles. The molecule has 0 heterocycles. The Morgan fingerprint density at radius 2 is 0.657 bits per heavy atom. The molecule has 0 atom stereocenters. The third-order valence-corrected chi connectivity index (χ3v) is 5.50. The van der Waals surface area contributed by atoms with Crippen LogP contribution in [0.25, 0.3) is 0 Å². The van der Waals surface area contributed by atoms with Gasteiger partial charge in [0, 0.05) is 19.8 Å². The summed E-state index contributed by atoms with van der Waals surface area (Å²) in [6.07, 6.45) is 22.8. The first-order chi connectivity index (χ1) is 16.6. The summed E-state index contributed by atoms with van der Waals surface area (Å²) in [7, 11) is 0. The minimum atomic E-state index is -0.833. The highest BCUT2D eigenvalue weighted by Crippen LogP contribution is 2.15. The van der Waals surface area contributed by atoms with E-state index >= 15 is 0 Å². The molecule has 0 amide bonds. The van der Waals surface area contributed by atoms with E-state index in [1.54, 1.807) is 0 Å². The number of ether oxygens (including phenoxy) is 2. The molecule has 1 N–H and O–H groups in total. The number of unbranched alkanes of at least 4 members (excludes halogenated alkanes) is 16. The van der Waals surface area contributed by atoms with E-state index in [-0.39, 0.29) is 24.1 Å². The van der Waals surface area contributed by atoms with Gasteiger partial charge in [-0.3, -0.25) is 14.4 Å². The first kappa shape index (κ1) is 35.6. The summed E-state index contributed by atoms with van der Waals surface area (Å²) < 4.78 is 10.3. The number of hydrogen-bond donors (Lipinski definition) is 1. The molecule has 0 aliphatic heterocycles. The highest BCUT2D eigenvalue weighted by molar-refractivity contribution is 5.69. The first-order valence-electron chi connectivity index (χ1n) is 14.2. The molecular weight excluding hydrogens is 444 g/mol. The molecule has 0 aliphatic rings. The summed E-state index contributed by atoms with van der Waals surface area (Å²) in [4.78, 5) is 31.9. The minimum absolute atomic E-state index is 0.0110. The fraction of sp³-hybridized carbons (Fsp3) is 0.897. The summed E-state index contributed by atoms with van der Waals surface area (Å²) >= 11 is 0. The van der Waals surface area contributed by atoms with Crippen molar-refractivity contribution >= 4 is 17.9 Å². The fourth-order valence-electron chi connectivity index (χ4n) is 3.83. The SMILES string of the molecule is CC(=O)O.CC(C)OC(=O)CCCCCCCCCCCCCCCCCCCC(=O)OC(C)C. The average molecular weight is 501 g/mol. The fourth-order valence-corrected chi connectivity index (χ4v) is 3.83. The Morgan fingerprint density at radius 3 is 0.829 bits per heavy atom. The lowest BCUT2D eigenvalue weighted by atomic mass is 10.0. The van der Waals surface area contributed by atoms with Crippen molar-refractivity contribution in [1.82, 2.24) is 0 Å². The maximum atomic E-state index is 11.4. The summed E-state index contributed by atoms with van der Waals surface area (Å²) in [5, 5.41) is 7.42. The van der Waals surface area contributed by atoms with Gasteiger partial charge >= 0.3 is 11.9 Å². The van der Waals surface area contributed by atoms with E-state index < -0.39 is 5.97 Å². The largest absolute Gasteiger partial charge is 0.481 e. The maximum Gasteiger partial charge on any atom is 0.306 e. The van der Waals surface area contributed by atoms with Gasteiger partial charge in [0.05, 0.1) is 12.2 Å². The van der Waals surface area contributed by atoms with Crippen LogP contribution in [-0.4, -0.2) is 35.2 Å². The standard InChI is InChI=1S/C27H52O4.C2H4O2/c1-24(2)30-26(28)22-20-18-16-14-12-10-8-6-5-7-9-11-13-15-17-19-21-23-27(29)31-25(3)4;1-2(3)4/h24-25H,5-23H2,1-4H3;1H3,(H,3,4). The van der Waals surface area contributed by atoms with Crippen LogP contribution in [0.2, 0.25) is 0 Å². The lowest BCUT2D eigenvalue weighted by Crippen LogP contribution is -2.10. The van der Waals surface area contributed by atoms with Crippen molar-refractivity contribution in [2.24, 2.45) is 0 Å². The number of carbonyl (C=O) groups is 3. The van der Waals surface area contributed by atoms with Crippen LogP contribution in [0.15, 0.2) is 0 Å². The van der Waals surface area contributed by atoms with E-state index in [2.05, 4.69) is 0 Å². The van der Waals surface area contributed by atoms with Crippen LogP contribution in [0, 0.1) is 0 Å². The predicted octanol–water partition coefficient (Wildman–Crippen LogP) is 8.39. The highest BCUT2D eigenvalue weighted by atomic mass is 16.5. The smallest absolute Gasteiger partial charge is 0.306 e. The number of aliphatic carboxylic acids is 1. The zero-order valence-electron chi connectivity index (χ0n) is 23.6. The van der Waals surface area contributed by atoms with Crippen LogP contribution >= 0.6 is 0 Å². The van der Waals surface area contributed by atoms with Gasteiger partial charge in [-0.15, -0.1) is 0 Å². The summed E-state index contributed by atoms with van der Waals surface area (Å²) in [6, 6.07) is 0. The number of carboxylic acid groups (broad SMARTS) is 1. The number of rotatable bonds is 22. The van der Waals surface area contributed by atoms with Crippen LogP contribution in [-0.2, 0) is 23.9 Å². The second-order valence-electron chi connectivity index (χ2n) is 10.1. The van der Waals surface area contributed by atoms with Gasteiger partial charge in [0.15, 0.2) is 0 Å². The minimum Gasteiger partial charge on any atom is -0.481 e. The number of hydrogen-bond acceptors (Lipinski definition) is 5. The van der Waals surface area contributed by atoms with Gasteiger partial charge in [-0.25, -0.2) is 0 Å². The quantitative estimate of drug-likeness (QED) is 0.119. The Balaban J connectivity index is 0.